The summed E-state index contributed by atoms with van der Waals surface area (Å²) in [5.74, 6) is 0. The molecule has 150 valence electrons. The van der Waals surface area contributed by atoms with Crippen molar-refractivity contribution in [2.75, 3.05) is 26.2 Å². The second kappa shape index (κ2) is 10.0. The molecule has 0 aliphatic carbocycles. The summed E-state index contributed by atoms with van der Waals surface area (Å²) >= 11 is 0. The maximum atomic E-state index is 12.7. The molecule has 2 rings (SSSR count). The average molecular weight is 426 g/mol. The van der Waals surface area contributed by atoms with Gasteiger partial charge in [0, 0.05) is 25.7 Å². The third-order valence-electron chi connectivity index (χ3n) is 4.20. The summed E-state index contributed by atoms with van der Waals surface area (Å²) in [6, 6.07) is 5.56. The molecule has 1 aromatic rings. The zero-order valence-electron chi connectivity index (χ0n) is 15.1. The standard InChI is InChI=1S/C16H27N3O4S2.ClH/c1-3-17-14(2)13-18-24(20,21)15-8-7-9-16(12-15)25(22,23)19-10-5-4-6-11-19;/h7-9,12,14,17-18H,3-6,10-11,13H2,1-2H3;1H/t14-;/m1./s1. The van der Waals surface area contributed by atoms with Gasteiger partial charge in [-0.1, -0.05) is 19.4 Å². The van der Waals surface area contributed by atoms with Crippen LogP contribution in [0.4, 0.5) is 0 Å². The van der Waals surface area contributed by atoms with E-state index in [1.54, 1.807) is 0 Å². The van der Waals surface area contributed by atoms with Crippen molar-refractivity contribution in [1.29, 1.82) is 0 Å². The fourth-order valence-corrected chi connectivity index (χ4v) is 5.61. The normalized spacial score (nSPS) is 17.5. The molecule has 10 heteroatoms. The molecule has 26 heavy (non-hydrogen) atoms. The van der Waals surface area contributed by atoms with Crippen LogP contribution in [0.15, 0.2) is 34.1 Å². The molecular formula is C16H28ClN3O4S2. The Balaban J connectivity index is 0.00000338. The zero-order valence-corrected chi connectivity index (χ0v) is 17.6. The summed E-state index contributed by atoms with van der Waals surface area (Å²) < 4.78 is 54.3. The molecule has 0 spiro atoms. The number of rotatable bonds is 8. The lowest BCUT2D eigenvalue weighted by atomic mass is 10.2. The van der Waals surface area contributed by atoms with Crippen molar-refractivity contribution in [3.8, 4) is 0 Å². The van der Waals surface area contributed by atoms with E-state index in [9.17, 15) is 16.8 Å². The Bertz CT molecular complexity index is 778. The Hall–Kier alpha value is -0.710. The van der Waals surface area contributed by atoms with Crippen LogP contribution in [0, 0.1) is 0 Å². The van der Waals surface area contributed by atoms with Crippen LogP contribution < -0.4 is 10.0 Å². The van der Waals surface area contributed by atoms with Crippen LogP contribution >= 0.6 is 12.4 Å². The van der Waals surface area contributed by atoms with Crippen molar-refractivity contribution in [3.63, 3.8) is 0 Å². The van der Waals surface area contributed by atoms with E-state index >= 15 is 0 Å². The predicted molar refractivity (Wildman–Crippen MR) is 105 cm³/mol. The van der Waals surface area contributed by atoms with Gasteiger partial charge in [-0.2, -0.15) is 4.31 Å². The van der Waals surface area contributed by atoms with E-state index in [0.29, 0.717) is 13.1 Å². The molecule has 0 unspecified atom stereocenters. The third kappa shape index (κ3) is 5.90. The van der Waals surface area contributed by atoms with Gasteiger partial charge in [-0.3, -0.25) is 0 Å². The van der Waals surface area contributed by atoms with Crippen molar-refractivity contribution in [1.82, 2.24) is 14.3 Å². The quantitative estimate of drug-likeness (QED) is 0.658. The van der Waals surface area contributed by atoms with Crippen LogP contribution in [-0.4, -0.2) is 53.4 Å². The zero-order chi connectivity index (χ0) is 18.5. The highest BCUT2D eigenvalue weighted by Gasteiger charge is 2.27. The summed E-state index contributed by atoms with van der Waals surface area (Å²) in [5.41, 5.74) is 0. The van der Waals surface area contributed by atoms with E-state index in [-0.39, 0.29) is 34.8 Å². The van der Waals surface area contributed by atoms with Crippen LogP contribution in [0.3, 0.4) is 0 Å². The van der Waals surface area contributed by atoms with Crippen molar-refractivity contribution in [3.05, 3.63) is 24.3 Å². The highest BCUT2D eigenvalue weighted by molar-refractivity contribution is 7.90. The number of nitrogens with one attached hydrogen (secondary N) is 2. The molecule has 1 aromatic carbocycles. The van der Waals surface area contributed by atoms with E-state index in [2.05, 4.69) is 10.0 Å². The van der Waals surface area contributed by atoms with Crippen LogP contribution in [0.2, 0.25) is 0 Å². The van der Waals surface area contributed by atoms with Gasteiger partial charge in [0.2, 0.25) is 20.0 Å². The van der Waals surface area contributed by atoms with Gasteiger partial charge >= 0.3 is 0 Å². The maximum Gasteiger partial charge on any atom is 0.243 e. The molecule has 1 aliphatic rings. The number of benzene rings is 1. The second-order valence-electron chi connectivity index (χ2n) is 6.25. The van der Waals surface area contributed by atoms with Gasteiger partial charge in [-0.25, -0.2) is 21.6 Å². The largest absolute Gasteiger partial charge is 0.313 e. The average Bonchev–Trinajstić information content (AvgIpc) is 2.61. The van der Waals surface area contributed by atoms with E-state index < -0.39 is 20.0 Å². The monoisotopic (exact) mass is 425 g/mol. The van der Waals surface area contributed by atoms with Crippen LogP contribution in [0.1, 0.15) is 33.1 Å². The number of hydrogen-bond donors (Lipinski definition) is 2. The van der Waals surface area contributed by atoms with Gasteiger partial charge in [0.25, 0.3) is 0 Å². The lowest BCUT2D eigenvalue weighted by Crippen LogP contribution is -2.39. The SMILES string of the molecule is CCN[C@H](C)CNS(=O)(=O)c1cccc(S(=O)(=O)N2CCCCC2)c1.Cl. The minimum Gasteiger partial charge on any atom is -0.313 e. The predicted octanol–water partition coefficient (Wildman–Crippen LogP) is 1.56. The molecule has 0 radical (unpaired) electrons. The molecule has 1 saturated heterocycles. The molecule has 0 aromatic heterocycles. The van der Waals surface area contributed by atoms with Crippen molar-refractivity contribution in [2.45, 2.75) is 48.9 Å². The van der Waals surface area contributed by atoms with Crippen molar-refractivity contribution >= 4 is 32.5 Å². The van der Waals surface area contributed by atoms with Crippen LogP contribution in [-0.2, 0) is 20.0 Å². The van der Waals surface area contributed by atoms with Gasteiger partial charge < -0.3 is 5.32 Å². The van der Waals surface area contributed by atoms with Crippen molar-refractivity contribution < 1.29 is 16.8 Å². The lowest BCUT2D eigenvalue weighted by Gasteiger charge is -2.26. The number of likely N-dealkylation sites (N-methyl/N-ethyl adjacent to an activating group) is 1. The molecule has 2 N–H and O–H groups in total. The Morgan fingerprint density at radius 2 is 1.69 bits per heavy atom. The summed E-state index contributed by atoms with van der Waals surface area (Å²) in [6.07, 6.45) is 2.69. The first-order chi connectivity index (χ1) is 11.8. The summed E-state index contributed by atoms with van der Waals surface area (Å²) in [4.78, 5) is -0.00807. The van der Waals surface area contributed by atoms with Crippen molar-refractivity contribution in [2.24, 2.45) is 0 Å². The fraction of sp³-hybridized carbons (Fsp3) is 0.625. The molecule has 1 fully saturated rings. The first-order valence-electron chi connectivity index (χ1n) is 8.60. The van der Waals surface area contributed by atoms with E-state index in [4.69, 9.17) is 0 Å². The molecular weight excluding hydrogens is 398 g/mol. The number of hydrogen-bond acceptors (Lipinski definition) is 5. The topological polar surface area (TPSA) is 95.6 Å². The molecule has 0 saturated carbocycles. The maximum absolute atomic E-state index is 12.7. The Labute approximate surface area is 163 Å². The van der Waals surface area contributed by atoms with Crippen LogP contribution in [0.25, 0.3) is 0 Å². The first kappa shape index (κ1) is 23.3. The van der Waals surface area contributed by atoms with E-state index in [0.717, 1.165) is 25.8 Å². The van der Waals surface area contributed by atoms with E-state index in [1.165, 1.54) is 28.6 Å². The third-order valence-corrected chi connectivity index (χ3v) is 7.52. The summed E-state index contributed by atoms with van der Waals surface area (Å²) in [6.45, 7) is 5.77. The second-order valence-corrected chi connectivity index (χ2v) is 9.96. The minimum absolute atomic E-state index is 0. The fourth-order valence-electron chi connectivity index (χ4n) is 2.79. The molecule has 7 nitrogen and oxygen atoms in total. The number of piperidine rings is 1. The van der Waals surface area contributed by atoms with Gasteiger partial charge in [0.15, 0.2) is 0 Å². The van der Waals surface area contributed by atoms with Gasteiger partial charge in [0.05, 0.1) is 9.79 Å². The van der Waals surface area contributed by atoms with Gasteiger partial charge in [0.1, 0.15) is 0 Å². The Kier molecular flexibility index (Phi) is 8.98. The Morgan fingerprint density at radius 1 is 1.08 bits per heavy atom. The summed E-state index contributed by atoms with van der Waals surface area (Å²) in [5, 5.41) is 3.12. The van der Waals surface area contributed by atoms with E-state index in [1.807, 2.05) is 13.8 Å². The summed E-state index contributed by atoms with van der Waals surface area (Å²) in [7, 11) is -7.42. The molecule has 1 aliphatic heterocycles. The van der Waals surface area contributed by atoms with Crippen LogP contribution in [0.5, 0.6) is 0 Å². The number of nitrogens with zero attached hydrogens (tertiary/aromatic N) is 1. The molecule has 1 atom stereocenters. The first-order valence-corrected chi connectivity index (χ1v) is 11.5. The number of sulfonamides is 2. The molecule has 1 heterocycles. The molecule has 0 amide bonds. The minimum atomic E-state index is -3.76. The Morgan fingerprint density at radius 3 is 2.31 bits per heavy atom. The lowest BCUT2D eigenvalue weighted by molar-refractivity contribution is 0.346. The highest BCUT2D eigenvalue weighted by atomic mass is 35.5. The smallest absolute Gasteiger partial charge is 0.243 e. The highest BCUT2D eigenvalue weighted by Crippen LogP contribution is 2.22. The number of halogens is 1. The van der Waals surface area contributed by atoms with Gasteiger partial charge in [-0.15, -0.1) is 12.4 Å². The molecule has 0 bridgehead atoms. The van der Waals surface area contributed by atoms with Gasteiger partial charge in [-0.05, 0) is 44.5 Å².